The lowest BCUT2D eigenvalue weighted by Gasteiger charge is -2.09. The molecular formula is C19H14N2O3S2. The molecule has 7 heteroatoms. The van der Waals surface area contributed by atoms with Crippen molar-refractivity contribution in [1.29, 1.82) is 5.26 Å². The van der Waals surface area contributed by atoms with Gasteiger partial charge < -0.3 is 10.1 Å². The molecule has 0 spiro atoms. The van der Waals surface area contributed by atoms with Gasteiger partial charge in [0.1, 0.15) is 10.3 Å². The highest BCUT2D eigenvalue weighted by Gasteiger charge is 2.14. The second-order valence-electron chi connectivity index (χ2n) is 5.44. The third-order valence-corrected chi connectivity index (χ3v) is 5.27. The maximum atomic E-state index is 12.1. The van der Waals surface area contributed by atoms with Gasteiger partial charge in [0.25, 0.3) is 5.91 Å². The minimum atomic E-state index is -0.515. The average molecular weight is 382 g/mol. The molecule has 1 N–H and O–H groups in total. The summed E-state index contributed by atoms with van der Waals surface area (Å²) in [6.45, 7) is 1.47. The number of aryl methyl sites for hydroxylation is 1. The van der Waals surface area contributed by atoms with Gasteiger partial charge in [-0.3, -0.25) is 4.79 Å². The Labute approximate surface area is 158 Å². The fraction of sp³-hybridized carbons (Fsp3) is 0.105. The SMILES string of the molecule is Cc1cc(SC#N)ccc1NC(=O)COC(=O)c1cc2ccccc2s1. The summed E-state index contributed by atoms with van der Waals surface area (Å²) in [6.07, 6.45) is 0. The topological polar surface area (TPSA) is 79.2 Å². The van der Waals surface area contributed by atoms with Crippen molar-refractivity contribution in [2.75, 3.05) is 11.9 Å². The minimum absolute atomic E-state index is 0.360. The number of benzene rings is 2. The molecule has 3 aromatic rings. The highest BCUT2D eigenvalue weighted by atomic mass is 32.2. The van der Waals surface area contributed by atoms with E-state index in [-0.39, 0.29) is 6.61 Å². The summed E-state index contributed by atoms with van der Waals surface area (Å²) >= 11 is 2.39. The molecule has 0 bridgehead atoms. The monoisotopic (exact) mass is 382 g/mol. The van der Waals surface area contributed by atoms with Crippen molar-refractivity contribution >= 4 is 50.7 Å². The largest absolute Gasteiger partial charge is 0.451 e. The van der Waals surface area contributed by atoms with Crippen molar-refractivity contribution in [3.63, 3.8) is 0 Å². The van der Waals surface area contributed by atoms with Gasteiger partial charge in [0.05, 0.1) is 0 Å². The molecule has 2 aromatic carbocycles. The van der Waals surface area contributed by atoms with Gasteiger partial charge in [-0.25, -0.2) is 4.79 Å². The number of ether oxygens (including phenoxy) is 1. The van der Waals surface area contributed by atoms with Crippen LogP contribution in [0, 0.1) is 17.6 Å². The third kappa shape index (κ3) is 4.23. The van der Waals surface area contributed by atoms with Crippen LogP contribution in [0.2, 0.25) is 0 Å². The molecule has 0 atom stereocenters. The lowest BCUT2D eigenvalue weighted by atomic mass is 10.2. The van der Waals surface area contributed by atoms with E-state index in [0.717, 1.165) is 32.3 Å². The van der Waals surface area contributed by atoms with E-state index in [2.05, 4.69) is 5.32 Å². The summed E-state index contributed by atoms with van der Waals surface area (Å²) < 4.78 is 6.10. The molecule has 3 rings (SSSR count). The lowest BCUT2D eigenvalue weighted by molar-refractivity contribution is -0.119. The molecule has 0 saturated carbocycles. The molecule has 1 heterocycles. The van der Waals surface area contributed by atoms with Crippen molar-refractivity contribution in [3.8, 4) is 5.40 Å². The Morgan fingerprint density at radius 1 is 1.23 bits per heavy atom. The Morgan fingerprint density at radius 3 is 2.77 bits per heavy atom. The Hall–Kier alpha value is -2.82. The predicted molar refractivity (Wildman–Crippen MR) is 103 cm³/mol. The van der Waals surface area contributed by atoms with Gasteiger partial charge in [-0.1, -0.05) is 18.2 Å². The zero-order chi connectivity index (χ0) is 18.5. The maximum absolute atomic E-state index is 12.1. The van der Waals surface area contributed by atoms with Gasteiger partial charge >= 0.3 is 5.97 Å². The van der Waals surface area contributed by atoms with Gasteiger partial charge in [-0.05, 0) is 60.0 Å². The smallest absolute Gasteiger partial charge is 0.348 e. The van der Waals surface area contributed by atoms with Crippen LogP contribution in [0.25, 0.3) is 10.1 Å². The van der Waals surface area contributed by atoms with E-state index in [1.807, 2.05) is 42.7 Å². The molecule has 0 radical (unpaired) electrons. The van der Waals surface area contributed by atoms with E-state index < -0.39 is 11.9 Å². The van der Waals surface area contributed by atoms with Crippen LogP contribution >= 0.6 is 23.1 Å². The Kier molecular flexibility index (Phi) is 5.56. The number of anilines is 1. The summed E-state index contributed by atoms with van der Waals surface area (Å²) in [5.41, 5.74) is 1.45. The van der Waals surface area contributed by atoms with Crippen LogP contribution < -0.4 is 5.32 Å². The molecule has 1 amide bonds. The first kappa shape index (κ1) is 18.0. The maximum Gasteiger partial charge on any atom is 0.348 e. The van der Waals surface area contributed by atoms with Crippen molar-refractivity contribution in [3.05, 3.63) is 59.0 Å². The number of thiophene rings is 1. The van der Waals surface area contributed by atoms with Gasteiger partial charge in [-0.15, -0.1) is 11.3 Å². The molecule has 0 aliphatic rings. The van der Waals surface area contributed by atoms with E-state index in [1.54, 1.807) is 18.2 Å². The number of nitriles is 1. The number of thioether (sulfide) groups is 1. The number of rotatable bonds is 5. The fourth-order valence-corrected chi connectivity index (χ4v) is 3.80. The summed E-state index contributed by atoms with van der Waals surface area (Å²) in [4.78, 5) is 25.4. The van der Waals surface area contributed by atoms with Crippen LogP contribution in [-0.4, -0.2) is 18.5 Å². The molecule has 5 nitrogen and oxygen atoms in total. The number of hydrogen-bond donors (Lipinski definition) is 1. The average Bonchev–Trinajstić information content (AvgIpc) is 3.06. The number of fused-ring (bicyclic) bond motifs is 1. The zero-order valence-electron chi connectivity index (χ0n) is 13.8. The number of carbonyl (C=O) groups excluding carboxylic acids is 2. The lowest BCUT2D eigenvalue weighted by Crippen LogP contribution is -2.21. The molecular weight excluding hydrogens is 368 g/mol. The van der Waals surface area contributed by atoms with E-state index in [1.165, 1.54) is 11.3 Å². The van der Waals surface area contributed by atoms with Crippen molar-refractivity contribution in [1.82, 2.24) is 0 Å². The van der Waals surface area contributed by atoms with E-state index >= 15 is 0 Å². The first-order valence-electron chi connectivity index (χ1n) is 7.69. The second-order valence-corrected chi connectivity index (χ2v) is 7.38. The van der Waals surface area contributed by atoms with Crippen LogP contribution in [0.1, 0.15) is 15.2 Å². The predicted octanol–water partition coefficient (Wildman–Crippen LogP) is 4.58. The number of hydrogen-bond acceptors (Lipinski definition) is 6. The Balaban J connectivity index is 1.58. The number of nitrogens with zero attached hydrogens (tertiary/aromatic N) is 1. The van der Waals surface area contributed by atoms with Crippen molar-refractivity contribution < 1.29 is 14.3 Å². The Bertz CT molecular complexity index is 988. The highest BCUT2D eigenvalue weighted by molar-refractivity contribution is 8.03. The zero-order valence-corrected chi connectivity index (χ0v) is 15.4. The normalized spacial score (nSPS) is 10.3. The molecule has 130 valence electrons. The summed E-state index contributed by atoms with van der Waals surface area (Å²) in [6, 6.07) is 14.7. The highest BCUT2D eigenvalue weighted by Crippen LogP contribution is 2.26. The van der Waals surface area contributed by atoms with Crippen LogP contribution in [-0.2, 0) is 9.53 Å². The number of amides is 1. The Morgan fingerprint density at radius 2 is 2.04 bits per heavy atom. The molecule has 0 unspecified atom stereocenters. The van der Waals surface area contributed by atoms with Gasteiger partial charge in [0.15, 0.2) is 6.61 Å². The fourth-order valence-electron chi connectivity index (χ4n) is 2.36. The number of carbonyl (C=O) groups is 2. The molecule has 0 fully saturated rings. The first-order chi connectivity index (χ1) is 12.6. The second kappa shape index (κ2) is 8.04. The van der Waals surface area contributed by atoms with E-state index in [0.29, 0.717) is 10.6 Å². The third-order valence-electron chi connectivity index (χ3n) is 3.60. The molecule has 0 aliphatic heterocycles. The summed E-state index contributed by atoms with van der Waals surface area (Å²) in [7, 11) is 0. The van der Waals surface area contributed by atoms with Crippen LogP contribution in [0.5, 0.6) is 0 Å². The van der Waals surface area contributed by atoms with Crippen LogP contribution in [0.15, 0.2) is 53.4 Å². The van der Waals surface area contributed by atoms with Crippen molar-refractivity contribution in [2.45, 2.75) is 11.8 Å². The molecule has 1 aromatic heterocycles. The first-order valence-corrected chi connectivity index (χ1v) is 9.32. The van der Waals surface area contributed by atoms with Crippen LogP contribution in [0.3, 0.4) is 0 Å². The van der Waals surface area contributed by atoms with Gasteiger partial charge in [0, 0.05) is 15.3 Å². The van der Waals surface area contributed by atoms with Gasteiger partial charge in [0.2, 0.25) is 0 Å². The van der Waals surface area contributed by atoms with E-state index in [9.17, 15) is 9.59 Å². The standard InChI is InChI=1S/C19H14N2O3S2/c1-12-8-14(25-11-20)6-7-15(12)21-18(22)10-24-19(23)17-9-13-4-2-3-5-16(13)26-17/h2-9H,10H2,1H3,(H,21,22). The minimum Gasteiger partial charge on any atom is -0.451 e. The van der Waals surface area contributed by atoms with Crippen molar-refractivity contribution in [2.24, 2.45) is 0 Å². The van der Waals surface area contributed by atoms with Crippen LogP contribution in [0.4, 0.5) is 5.69 Å². The van der Waals surface area contributed by atoms with E-state index in [4.69, 9.17) is 10.00 Å². The summed E-state index contributed by atoms with van der Waals surface area (Å²) in [5.74, 6) is -0.929. The molecule has 0 saturated heterocycles. The molecule has 0 aliphatic carbocycles. The molecule has 26 heavy (non-hydrogen) atoms. The number of thiocyanates is 1. The van der Waals surface area contributed by atoms with Gasteiger partial charge in [-0.2, -0.15) is 5.26 Å². The quantitative estimate of drug-likeness (QED) is 0.397. The number of nitrogens with one attached hydrogen (secondary N) is 1. The summed E-state index contributed by atoms with van der Waals surface area (Å²) in [5, 5.41) is 14.4. The number of esters is 1.